The standard InChI is InChI=1S/C11H13N5O/c1-8-5-9(16(2)15-8)6-14-11(17)10-7-12-3-4-13-10/h3-5,7H,6H2,1-2H3,(H,14,17). The van der Waals surface area contributed by atoms with Gasteiger partial charge in [0, 0.05) is 19.4 Å². The molecule has 0 spiro atoms. The number of carbonyl (C=O) groups excluding carboxylic acids is 1. The maximum atomic E-state index is 11.7. The molecule has 0 atom stereocenters. The first-order valence-corrected chi connectivity index (χ1v) is 5.20. The molecule has 0 saturated heterocycles. The van der Waals surface area contributed by atoms with Crippen LogP contribution in [0.25, 0.3) is 0 Å². The summed E-state index contributed by atoms with van der Waals surface area (Å²) in [5, 5.41) is 6.97. The molecule has 2 aromatic heterocycles. The molecule has 0 bridgehead atoms. The fraction of sp³-hybridized carbons (Fsp3) is 0.273. The topological polar surface area (TPSA) is 72.7 Å². The number of carbonyl (C=O) groups is 1. The van der Waals surface area contributed by atoms with Gasteiger partial charge in [0.25, 0.3) is 5.91 Å². The lowest BCUT2D eigenvalue weighted by Gasteiger charge is -2.04. The summed E-state index contributed by atoms with van der Waals surface area (Å²) in [7, 11) is 1.84. The Hall–Kier alpha value is -2.24. The van der Waals surface area contributed by atoms with Crippen LogP contribution in [0.3, 0.4) is 0 Å². The van der Waals surface area contributed by atoms with E-state index in [0.717, 1.165) is 11.4 Å². The molecule has 2 heterocycles. The summed E-state index contributed by atoms with van der Waals surface area (Å²) in [6.45, 7) is 2.33. The van der Waals surface area contributed by atoms with Gasteiger partial charge in [0.2, 0.25) is 0 Å². The maximum absolute atomic E-state index is 11.7. The van der Waals surface area contributed by atoms with Crippen molar-refractivity contribution in [2.45, 2.75) is 13.5 Å². The maximum Gasteiger partial charge on any atom is 0.271 e. The number of amides is 1. The average Bonchev–Trinajstić information content (AvgIpc) is 2.66. The van der Waals surface area contributed by atoms with Gasteiger partial charge in [-0.2, -0.15) is 5.10 Å². The lowest BCUT2D eigenvalue weighted by Crippen LogP contribution is -2.25. The second kappa shape index (κ2) is 4.73. The predicted molar refractivity (Wildman–Crippen MR) is 61.1 cm³/mol. The Labute approximate surface area is 98.7 Å². The van der Waals surface area contributed by atoms with Crippen molar-refractivity contribution < 1.29 is 4.79 Å². The highest BCUT2D eigenvalue weighted by atomic mass is 16.1. The first-order chi connectivity index (χ1) is 8.16. The van der Waals surface area contributed by atoms with Gasteiger partial charge in [0.15, 0.2) is 0 Å². The van der Waals surface area contributed by atoms with Gasteiger partial charge in [-0.25, -0.2) is 4.98 Å². The molecule has 0 fully saturated rings. The van der Waals surface area contributed by atoms with Crippen molar-refractivity contribution in [2.75, 3.05) is 0 Å². The van der Waals surface area contributed by atoms with Crippen LogP contribution in [0, 0.1) is 6.92 Å². The summed E-state index contributed by atoms with van der Waals surface area (Å²) in [5.41, 5.74) is 2.18. The third kappa shape index (κ3) is 2.66. The molecule has 1 amide bonds. The van der Waals surface area contributed by atoms with E-state index in [1.54, 1.807) is 4.68 Å². The molecule has 0 saturated carbocycles. The largest absolute Gasteiger partial charge is 0.345 e. The zero-order chi connectivity index (χ0) is 12.3. The van der Waals surface area contributed by atoms with Crippen LogP contribution in [-0.4, -0.2) is 25.7 Å². The Morgan fingerprint density at radius 1 is 1.47 bits per heavy atom. The molecular weight excluding hydrogens is 218 g/mol. The monoisotopic (exact) mass is 231 g/mol. The molecule has 2 rings (SSSR count). The third-order valence-electron chi connectivity index (χ3n) is 2.32. The molecule has 0 radical (unpaired) electrons. The van der Waals surface area contributed by atoms with E-state index < -0.39 is 0 Å². The molecule has 6 heteroatoms. The number of aryl methyl sites for hydroxylation is 2. The van der Waals surface area contributed by atoms with Crippen LogP contribution in [0.1, 0.15) is 21.9 Å². The second-order valence-corrected chi connectivity index (χ2v) is 3.67. The van der Waals surface area contributed by atoms with Gasteiger partial charge < -0.3 is 5.32 Å². The van der Waals surface area contributed by atoms with E-state index in [9.17, 15) is 4.79 Å². The van der Waals surface area contributed by atoms with Gasteiger partial charge in [-0.15, -0.1) is 0 Å². The Bertz CT molecular complexity index is 520. The van der Waals surface area contributed by atoms with E-state index >= 15 is 0 Å². The van der Waals surface area contributed by atoms with Gasteiger partial charge in [0.05, 0.1) is 24.1 Å². The van der Waals surface area contributed by atoms with E-state index in [-0.39, 0.29) is 5.91 Å². The van der Waals surface area contributed by atoms with E-state index in [0.29, 0.717) is 12.2 Å². The third-order valence-corrected chi connectivity index (χ3v) is 2.32. The van der Waals surface area contributed by atoms with Crippen LogP contribution in [0.4, 0.5) is 0 Å². The van der Waals surface area contributed by atoms with Crippen molar-refractivity contribution in [2.24, 2.45) is 7.05 Å². The van der Waals surface area contributed by atoms with Crippen LogP contribution >= 0.6 is 0 Å². The summed E-state index contributed by atoms with van der Waals surface area (Å²) < 4.78 is 1.74. The number of hydrogen-bond donors (Lipinski definition) is 1. The van der Waals surface area contributed by atoms with Crippen molar-refractivity contribution in [1.29, 1.82) is 0 Å². The molecule has 0 aliphatic rings. The molecule has 0 aliphatic carbocycles. The highest BCUT2D eigenvalue weighted by Crippen LogP contribution is 2.01. The van der Waals surface area contributed by atoms with Crippen LogP contribution in [0.2, 0.25) is 0 Å². The number of rotatable bonds is 3. The van der Waals surface area contributed by atoms with E-state index in [1.807, 2.05) is 20.0 Å². The summed E-state index contributed by atoms with van der Waals surface area (Å²) in [6.07, 6.45) is 4.45. The van der Waals surface area contributed by atoms with Crippen LogP contribution < -0.4 is 5.32 Å². The van der Waals surface area contributed by atoms with Crippen molar-refractivity contribution >= 4 is 5.91 Å². The fourth-order valence-corrected chi connectivity index (χ4v) is 1.51. The van der Waals surface area contributed by atoms with Gasteiger partial charge in [-0.3, -0.25) is 14.5 Å². The van der Waals surface area contributed by atoms with Crippen molar-refractivity contribution in [3.63, 3.8) is 0 Å². The number of nitrogens with zero attached hydrogens (tertiary/aromatic N) is 4. The second-order valence-electron chi connectivity index (χ2n) is 3.67. The van der Waals surface area contributed by atoms with Crippen molar-refractivity contribution in [3.8, 4) is 0 Å². The summed E-state index contributed by atoms with van der Waals surface area (Å²) in [5.74, 6) is -0.239. The Balaban J connectivity index is 1.99. The minimum atomic E-state index is -0.239. The first-order valence-electron chi connectivity index (χ1n) is 5.20. The summed E-state index contributed by atoms with van der Waals surface area (Å²) in [4.78, 5) is 19.5. The van der Waals surface area contributed by atoms with Crippen LogP contribution in [0.15, 0.2) is 24.7 Å². The fourth-order valence-electron chi connectivity index (χ4n) is 1.51. The minimum Gasteiger partial charge on any atom is -0.345 e. The number of hydrogen-bond acceptors (Lipinski definition) is 4. The molecule has 17 heavy (non-hydrogen) atoms. The Morgan fingerprint density at radius 2 is 2.29 bits per heavy atom. The normalized spacial score (nSPS) is 10.2. The SMILES string of the molecule is Cc1cc(CNC(=O)c2cnccn2)n(C)n1. The smallest absolute Gasteiger partial charge is 0.271 e. The zero-order valence-corrected chi connectivity index (χ0v) is 9.71. The minimum absolute atomic E-state index is 0.239. The zero-order valence-electron chi connectivity index (χ0n) is 9.71. The lowest BCUT2D eigenvalue weighted by molar-refractivity contribution is 0.0944. The first kappa shape index (κ1) is 11.3. The quantitative estimate of drug-likeness (QED) is 0.832. The Morgan fingerprint density at radius 3 is 2.88 bits per heavy atom. The molecular formula is C11H13N5O. The average molecular weight is 231 g/mol. The molecule has 2 aromatic rings. The number of nitrogens with one attached hydrogen (secondary N) is 1. The van der Waals surface area contributed by atoms with Crippen molar-refractivity contribution in [1.82, 2.24) is 25.1 Å². The highest BCUT2D eigenvalue weighted by molar-refractivity contribution is 5.91. The van der Waals surface area contributed by atoms with Crippen LogP contribution in [-0.2, 0) is 13.6 Å². The van der Waals surface area contributed by atoms with E-state index in [1.165, 1.54) is 18.6 Å². The van der Waals surface area contributed by atoms with Crippen LogP contribution in [0.5, 0.6) is 0 Å². The highest BCUT2D eigenvalue weighted by Gasteiger charge is 2.08. The van der Waals surface area contributed by atoms with E-state index in [4.69, 9.17) is 0 Å². The summed E-state index contributed by atoms with van der Waals surface area (Å²) in [6, 6.07) is 1.93. The van der Waals surface area contributed by atoms with Gasteiger partial charge >= 0.3 is 0 Å². The van der Waals surface area contributed by atoms with Gasteiger partial charge in [-0.05, 0) is 13.0 Å². The molecule has 88 valence electrons. The molecule has 0 aliphatic heterocycles. The Kier molecular flexibility index (Phi) is 3.13. The lowest BCUT2D eigenvalue weighted by atomic mass is 10.3. The molecule has 6 nitrogen and oxygen atoms in total. The van der Waals surface area contributed by atoms with E-state index in [2.05, 4.69) is 20.4 Å². The molecule has 1 N–H and O–H groups in total. The van der Waals surface area contributed by atoms with Gasteiger partial charge in [0.1, 0.15) is 5.69 Å². The molecule has 0 aromatic carbocycles. The van der Waals surface area contributed by atoms with Gasteiger partial charge in [-0.1, -0.05) is 0 Å². The predicted octanol–water partition coefficient (Wildman–Crippen LogP) is 0.449. The summed E-state index contributed by atoms with van der Waals surface area (Å²) >= 11 is 0. The number of aromatic nitrogens is 4. The van der Waals surface area contributed by atoms with Crippen molar-refractivity contribution in [3.05, 3.63) is 41.7 Å². The molecule has 0 unspecified atom stereocenters.